The molecule has 0 saturated carbocycles. The molecule has 2 unspecified atom stereocenters. The van der Waals surface area contributed by atoms with Gasteiger partial charge in [-0.05, 0) is 0 Å². The zero-order valence-corrected chi connectivity index (χ0v) is 21.6. The van der Waals surface area contributed by atoms with Crippen LogP contribution in [-0.4, -0.2) is 94.0 Å². The van der Waals surface area contributed by atoms with Gasteiger partial charge in [-0.2, -0.15) is 0 Å². The highest BCUT2D eigenvalue weighted by Crippen LogP contribution is 2.49. The van der Waals surface area contributed by atoms with Crippen molar-refractivity contribution in [2.75, 3.05) is 13.2 Å². The molecule has 2 aliphatic rings. The minimum atomic E-state index is -5.17. The Morgan fingerprint density at radius 3 is 1.93 bits per heavy atom. The van der Waals surface area contributed by atoms with Gasteiger partial charge in [-0.15, -0.1) is 9.42 Å². The minimum absolute atomic E-state index is 0.729. The highest BCUT2D eigenvalue weighted by molar-refractivity contribution is 7.47. The van der Waals surface area contributed by atoms with Gasteiger partial charge < -0.3 is 29.7 Å². The van der Waals surface area contributed by atoms with Crippen molar-refractivity contribution in [1.82, 2.24) is 19.1 Å². The van der Waals surface area contributed by atoms with Crippen LogP contribution in [0.4, 0.5) is 0 Å². The van der Waals surface area contributed by atoms with Gasteiger partial charge in [0.25, 0.3) is 11.1 Å². The number of aliphatic hydroxyl groups excluding tert-OH is 3. The Morgan fingerprint density at radius 2 is 1.40 bits per heavy atom. The zero-order chi connectivity index (χ0) is 29.4. The third-order valence-corrected chi connectivity index (χ3v) is 7.26. The summed E-state index contributed by atoms with van der Waals surface area (Å²) in [5, 5.41) is 31.3. The van der Waals surface area contributed by atoms with Gasteiger partial charge in [0.1, 0.15) is 43.2 Å². The summed E-state index contributed by atoms with van der Waals surface area (Å²) < 4.78 is 50.4. The maximum atomic E-state index is 12.7. The normalized spacial score (nSPS) is 32.2. The van der Waals surface area contributed by atoms with Gasteiger partial charge in [-0.3, -0.25) is 37.7 Å². The lowest BCUT2D eigenvalue weighted by Gasteiger charge is -2.23. The topological polar surface area (TPSA) is 291 Å². The van der Waals surface area contributed by atoms with E-state index in [1.54, 1.807) is 0 Å². The molecule has 2 aliphatic heterocycles. The molecule has 4 heterocycles. The van der Waals surface area contributed by atoms with Gasteiger partial charge in [-0.25, -0.2) is 14.2 Å². The van der Waals surface area contributed by atoms with Crippen LogP contribution in [0, 0.1) is 0 Å². The molecule has 2 fully saturated rings. The Labute approximate surface area is 221 Å². The number of ether oxygens (including phenoxy) is 2. The molecule has 40 heavy (non-hydrogen) atoms. The van der Waals surface area contributed by atoms with E-state index in [1.807, 2.05) is 9.97 Å². The first-order chi connectivity index (χ1) is 18.8. The van der Waals surface area contributed by atoms with Gasteiger partial charge in [0, 0.05) is 29.1 Å². The van der Waals surface area contributed by atoms with Crippen LogP contribution in [0.25, 0.3) is 0 Å². The van der Waals surface area contributed by atoms with E-state index in [0.29, 0.717) is 0 Å². The molecule has 0 radical (unpaired) electrons. The van der Waals surface area contributed by atoms with Crippen molar-refractivity contribution in [3.63, 3.8) is 0 Å². The molecular formula is C18H23N4O16P2+. The van der Waals surface area contributed by atoms with Crippen LogP contribution < -0.4 is 22.5 Å². The fourth-order valence-corrected chi connectivity index (χ4v) is 5.29. The number of H-pyrrole nitrogens is 2. The van der Waals surface area contributed by atoms with E-state index in [1.165, 1.54) is 0 Å². The predicted octanol–water partition coefficient (Wildman–Crippen LogP) is -3.87. The summed E-state index contributed by atoms with van der Waals surface area (Å²) in [6.45, 7) is -1.65. The number of phosphoric ester groups is 1. The molecular weight excluding hydrogens is 590 g/mol. The molecule has 7 N–H and O–H groups in total. The number of nitrogens with one attached hydrogen (secondary N) is 2. The summed E-state index contributed by atoms with van der Waals surface area (Å²) >= 11 is 0. The SMILES string of the molecule is O=c1ccn([C@@H]2O[C@H](COP(=O)(O)O[C@H]3[C@@H](O)[C@H](n4ccc(=O)[nH]c4=O)O[C@@H]3CO[P+](=O)O)[C@@H](O)[C@H]2O)c(=O)[nH]1. The predicted molar refractivity (Wildman–Crippen MR) is 125 cm³/mol. The number of phosphoric acid groups is 1. The smallest absolute Gasteiger partial charge is 0.387 e. The quantitative estimate of drug-likeness (QED) is 0.126. The van der Waals surface area contributed by atoms with Crippen LogP contribution in [0.1, 0.15) is 12.5 Å². The molecule has 10 atom stereocenters. The number of aliphatic hydroxyl groups is 3. The summed E-state index contributed by atoms with van der Waals surface area (Å²) in [6, 6.07) is 1.89. The van der Waals surface area contributed by atoms with Crippen molar-refractivity contribution in [3.8, 4) is 0 Å². The Hall–Kier alpha value is -2.71. The second-order valence-corrected chi connectivity index (χ2v) is 10.6. The van der Waals surface area contributed by atoms with E-state index in [2.05, 4.69) is 4.52 Å². The molecule has 22 heteroatoms. The highest BCUT2D eigenvalue weighted by atomic mass is 31.2. The molecule has 0 spiro atoms. The third kappa shape index (κ3) is 6.60. The van der Waals surface area contributed by atoms with Crippen LogP contribution in [-0.2, 0) is 32.2 Å². The lowest BCUT2D eigenvalue weighted by molar-refractivity contribution is -0.0604. The van der Waals surface area contributed by atoms with Crippen molar-refractivity contribution in [2.45, 2.75) is 49.1 Å². The van der Waals surface area contributed by atoms with Gasteiger partial charge in [0.15, 0.2) is 12.5 Å². The van der Waals surface area contributed by atoms with E-state index < -0.39 is 101 Å². The number of hydrogen-bond donors (Lipinski definition) is 7. The van der Waals surface area contributed by atoms with Crippen molar-refractivity contribution in [2.24, 2.45) is 0 Å². The first-order valence-corrected chi connectivity index (χ1v) is 13.8. The molecule has 220 valence electrons. The number of aromatic amines is 2. The number of aromatic nitrogens is 4. The van der Waals surface area contributed by atoms with Gasteiger partial charge in [0.2, 0.25) is 0 Å². The molecule has 4 rings (SSSR count). The van der Waals surface area contributed by atoms with E-state index in [9.17, 15) is 48.5 Å². The van der Waals surface area contributed by atoms with E-state index in [4.69, 9.17) is 23.4 Å². The third-order valence-electron chi connectivity index (χ3n) is 5.90. The molecule has 0 bridgehead atoms. The highest BCUT2D eigenvalue weighted by Gasteiger charge is 2.51. The largest absolute Gasteiger partial charge is 0.694 e. The van der Waals surface area contributed by atoms with Crippen LogP contribution in [0.15, 0.2) is 43.7 Å². The number of rotatable bonds is 10. The average molecular weight is 613 g/mol. The van der Waals surface area contributed by atoms with Crippen LogP contribution in [0.5, 0.6) is 0 Å². The van der Waals surface area contributed by atoms with Gasteiger partial charge in [0.05, 0.1) is 6.61 Å². The monoisotopic (exact) mass is 613 g/mol. The second-order valence-electron chi connectivity index (χ2n) is 8.50. The Balaban J connectivity index is 1.47. The number of hydrogen-bond acceptors (Lipinski definition) is 14. The Kier molecular flexibility index (Phi) is 9.10. The summed E-state index contributed by atoms with van der Waals surface area (Å²) in [5.41, 5.74) is -3.48. The first-order valence-electron chi connectivity index (χ1n) is 11.2. The average Bonchev–Trinajstić information content (AvgIpc) is 3.32. The van der Waals surface area contributed by atoms with Crippen molar-refractivity contribution >= 4 is 16.1 Å². The van der Waals surface area contributed by atoms with Crippen molar-refractivity contribution in [1.29, 1.82) is 0 Å². The van der Waals surface area contributed by atoms with Crippen LogP contribution in [0.3, 0.4) is 0 Å². The van der Waals surface area contributed by atoms with Gasteiger partial charge >= 0.3 is 27.5 Å². The summed E-state index contributed by atoms with van der Waals surface area (Å²) in [7, 11) is -8.34. The number of nitrogens with zero attached hydrogens (tertiary/aromatic N) is 2. The fraction of sp³-hybridized carbons (Fsp3) is 0.556. The second kappa shape index (κ2) is 12.0. The lowest BCUT2D eigenvalue weighted by Crippen LogP contribution is -2.39. The Bertz CT molecular complexity index is 1520. The first kappa shape index (κ1) is 30.3. The van der Waals surface area contributed by atoms with Crippen LogP contribution >= 0.6 is 16.1 Å². The van der Waals surface area contributed by atoms with Crippen molar-refractivity contribution in [3.05, 3.63) is 66.2 Å². The molecule has 2 aromatic rings. The lowest BCUT2D eigenvalue weighted by atomic mass is 10.1. The molecule has 2 aromatic heterocycles. The Morgan fingerprint density at radius 1 is 0.875 bits per heavy atom. The minimum Gasteiger partial charge on any atom is -0.387 e. The maximum Gasteiger partial charge on any atom is 0.694 e. The summed E-state index contributed by atoms with van der Waals surface area (Å²) in [6.07, 6.45) is -11.3. The van der Waals surface area contributed by atoms with Gasteiger partial charge in [-0.1, -0.05) is 0 Å². The standard InChI is InChI=1S/C18H22N4O16P2/c23-9-1-3-21(17(28)19-9)15-12(26)11(25)7(36-15)6-35-40(32,33)38-14-8(5-34-39(30)31)37-16(13(14)27)22-4-2-10(24)20-18(22)29/h1-4,7-8,11-16,25-27H,5-6H2,(H3-,19,20,23,24,28,29,30,31,32,33)/p+1/t7-,8-,11-,12-,13-,14-,15-,16-/m1/s1. The van der Waals surface area contributed by atoms with Crippen molar-refractivity contribution < 1.29 is 57.3 Å². The molecule has 0 aromatic carbocycles. The molecule has 0 amide bonds. The van der Waals surface area contributed by atoms with E-state index in [0.717, 1.165) is 33.7 Å². The molecule has 0 aliphatic carbocycles. The van der Waals surface area contributed by atoms with E-state index >= 15 is 0 Å². The fourth-order valence-electron chi connectivity index (χ4n) is 4.05. The van der Waals surface area contributed by atoms with Crippen LogP contribution in [0.2, 0.25) is 0 Å². The zero-order valence-electron chi connectivity index (χ0n) is 19.9. The molecule has 20 nitrogen and oxygen atoms in total. The molecule has 2 saturated heterocycles. The summed E-state index contributed by atoms with van der Waals surface area (Å²) in [5.74, 6) is 0. The maximum absolute atomic E-state index is 12.7. The van der Waals surface area contributed by atoms with E-state index in [-0.39, 0.29) is 0 Å². The summed E-state index contributed by atoms with van der Waals surface area (Å²) in [4.78, 5) is 69.9.